The zero-order valence-electron chi connectivity index (χ0n) is 10.0. The lowest BCUT2D eigenvalue weighted by atomic mass is 9.93. The third-order valence-electron chi connectivity index (χ3n) is 3.08. The molecule has 2 nitrogen and oxygen atoms in total. The summed E-state index contributed by atoms with van der Waals surface area (Å²) in [7, 11) is 0. The molecule has 0 saturated carbocycles. The van der Waals surface area contributed by atoms with Crippen LogP contribution in [0.4, 0.5) is 0 Å². The molecule has 96 valence electrons. The van der Waals surface area contributed by atoms with E-state index in [0.717, 1.165) is 17.0 Å². The van der Waals surface area contributed by atoms with Gasteiger partial charge in [-0.2, -0.15) is 0 Å². The van der Waals surface area contributed by atoms with Crippen molar-refractivity contribution >= 4 is 23.2 Å². The first-order valence-corrected chi connectivity index (χ1v) is 6.72. The van der Waals surface area contributed by atoms with Gasteiger partial charge in [0.25, 0.3) is 0 Å². The highest BCUT2D eigenvalue weighted by Crippen LogP contribution is 2.33. The first-order chi connectivity index (χ1) is 9.24. The minimum absolute atomic E-state index is 0.0706. The predicted octanol–water partition coefficient (Wildman–Crippen LogP) is 4.83. The number of H-pyrrole nitrogens is 2. The highest BCUT2D eigenvalue weighted by molar-refractivity contribution is 6.34. The number of nitrogens with one attached hydrogen (secondary N) is 2. The number of halogens is 2. The molecule has 0 aliphatic carbocycles. The Morgan fingerprint density at radius 1 is 0.789 bits per heavy atom. The van der Waals surface area contributed by atoms with Crippen molar-refractivity contribution in [1.29, 1.82) is 0 Å². The minimum atomic E-state index is 0.0706. The van der Waals surface area contributed by atoms with Crippen LogP contribution in [0, 0.1) is 0 Å². The lowest BCUT2D eigenvalue weighted by Crippen LogP contribution is -2.04. The van der Waals surface area contributed by atoms with Gasteiger partial charge in [-0.3, -0.25) is 0 Å². The monoisotopic (exact) mass is 290 g/mol. The lowest BCUT2D eigenvalue weighted by molar-refractivity contribution is 0.898. The maximum atomic E-state index is 6.11. The molecule has 2 aromatic heterocycles. The molecule has 0 bridgehead atoms. The summed E-state index contributed by atoms with van der Waals surface area (Å²) in [4.78, 5) is 6.51. The molecule has 0 unspecified atom stereocenters. The fourth-order valence-corrected chi connectivity index (χ4v) is 2.86. The molecule has 0 atom stereocenters. The maximum Gasteiger partial charge on any atom is 0.0642 e. The SMILES string of the molecule is Clc1cc(Cl)cc(C(c2ccc[nH]2)c2ccc[nH]2)c1. The van der Waals surface area contributed by atoms with E-state index >= 15 is 0 Å². The summed E-state index contributed by atoms with van der Waals surface area (Å²) in [6.07, 6.45) is 3.83. The summed E-state index contributed by atoms with van der Waals surface area (Å²) in [5, 5.41) is 1.29. The Bertz CT molecular complexity index is 603. The van der Waals surface area contributed by atoms with Crippen molar-refractivity contribution in [2.45, 2.75) is 5.92 Å². The van der Waals surface area contributed by atoms with E-state index in [4.69, 9.17) is 23.2 Å². The van der Waals surface area contributed by atoms with E-state index in [1.807, 2.05) is 36.7 Å². The van der Waals surface area contributed by atoms with Crippen LogP contribution in [0.2, 0.25) is 10.0 Å². The van der Waals surface area contributed by atoms with Gasteiger partial charge in [0.1, 0.15) is 0 Å². The van der Waals surface area contributed by atoms with Crippen LogP contribution in [0.15, 0.2) is 54.9 Å². The van der Waals surface area contributed by atoms with E-state index in [1.165, 1.54) is 0 Å². The second-order valence-corrected chi connectivity index (χ2v) is 5.26. The zero-order valence-corrected chi connectivity index (χ0v) is 11.5. The molecule has 19 heavy (non-hydrogen) atoms. The van der Waals surface area contributed by atoms with Crippen LogP contribution >= 0.6 is 23.2 Å². The van der Waals surface area contributed by atoms with Crippen molar-refractivity contribution in [3.05, 3.63) is 81.9 Å². The van der Waals surface area contributed by atoms with Crippen LogP contribution < -0.4 is 0 Å². The third kappa shape index (κ3) is 2.55. The Morgan fingerprint density at radius 3 is 1.74 bits per heavy atom. The summed E-state index contributed by atoms with van der Waals surface area (Å²) >= 11 is 12.2. The van der Waals surface area contributed by atoms with Gasteiger partial charge >= 0.3 is 0 Å². The summed E-state index contributed by atoms with van der Waals surface area (Å²) in [5.74, 6) is 0.0706. The van der Waals surface area contributed by atoms with Crippen LogP contribution in [-0.4, -0.2) is 9.97 Å². The first-order valence-electron chi connectivity index (χ1n) is 5.96. The van der Waals surface area contributed by atoms with Gasteiger partial charge in [0, 0.05) is 33.8 Å². The lowest BCUT2D eigenvalue weighted by Gasteiger charge is -2.16. The molecular formula is C15H12Cl2N2. The Morgan fingerprint density at radius 2 is 1.32 bits per heavy atom. The molecule has 0 radical (unpaired) electrons. The van der Waals surface area contributed by atoms with Crippen molar-refractivity contribution in [1.82, 2.24) is 9.97 Å². The van der Waals surface area contributed by atoms with Gasteiger partial charge in [0.2, 0.25) is 0 Å². The number of rotatable bonds is 3. The molecule has 3 aromatic rings. The summed E-state index contributed by atoms with van der Waals surface area (Å²) in [6.45, 7) is 0. The molecule has 2 N–H and O–H groups in total. The first kappa shape index (κ1) is 12.4. The standard InChI is InChI=1S/C15H12Cl2N2/c16-11-7-10(8-12(17)9-11)15(13-3-1-5-18-13)14-4-2-6-19-14/h1-9,15,18-19H. The van der Waals surface area contributed by atoms with E-state index in [0.29, 0.717) is 10.0 Å². The minimum Gasteiger partial charge on any atom is -0.364 e. The zero-order chi connectivity index (χ0) is 13.2. The van der Waals surface area contributed by atoms with Gasteiger partial charge in [-0.15, -0.1) is 0 Å². The molecule has 4 heteroatoms. The summed E-state index contributed by atoms with van der Waals surface area (Å²) in [5.41, 5.74) is 3.25. The van der Waals surface area contributed by atoms with Gasteiger partial charge < -0.3 is 9.97 Å². The Kier molecular flexibility index (Phi) is 3.36. The van der Waals surface area contributed by atoms with Crippen LogP contribution in [0.1, 0.15) is 22.9 Å². The topological polar surface area (TPSA) is 31.6 Å². The second-order valence-electron chi connectivity index (χ2n) is 4.39. The van der Waals surface area contributed by atoms with Crippen LogP contribution in [-0.2, 0) is 0 Å². The van der Waals surface area contributed by atoms with Crippen LogP contribution in [0.3, 0.4) is 0 Å². The molecule has 0 aliphatic rings. The number of aromatic amines is 2. The molecular weight excluding hydrogens is 279 g/mol. The van der Waals surface area contributed by atoms with Gasteiger partial charge in [-0.25, -0.2) is 0 Å². The summed E-state index contributed by atoms with van der Waals surface area (Å²) < 4.78 is 0. The molecule has 1 aromatic carbocycles. The highest BCUT2D eigenvalue weighted by Gasteiger charge is 2.19. The fourth-order valence-electron chi connectivity index (χ4n) is 2.32. The van der Waals surface area contributed by atoms with Crippen LogP contribution in [0.25, 0.3) is 0 Å². The Labute approximate surface area is 121 Å². The van der Waals surface area contributed by atoms with E-state index < -0.39 is 0 Å². The smallest absolute Gasteiger partial charge is 0.0642 e. The molecule has 2 heterocycles. The number of hydrogen-bond donors (Lipinski definition) is 2. The van der Waals surface area contributed by atoms with E-state index in [1.54, 1.807) is 6.07 Å². The number of hydrogen-bond acceptors (Lipinski definition) is 0. The number of aromatic nitrogens is 2. The van der Waals surface area contributed by atoms with Crippen molar-refractivity contribution in [3.63, 3.8) is 0 Å². The average molecular weight is 291 g/mol. The van der Waals surface area contributed by atoms with Gasteiger partial charge in [0.15, 0.2) is 0 Å². The highest BCUT2D eigenvalue weighted by atomic mass is 35.5. The third-order valence-corrected chi connectivity index (χ3v) is 3.52. The molecule has 0 amide bonds. The largest absolute Gasteiger partial charge is 0.364 e. The van der Waals surface area contributed by atoms with E-state index in [9.17, 15) is 0 Å². The average Bonchev–Trinajstić information content (AvgIpc) is 3.01. The second kappa shape index (κ2) is 5.16. The quantitative estimate of drug-likeness (QED) is 0.692. The van der Waals surface area contributed by atoms with Crippen molar-refractivity contribution < 1.29 is 0 Å². The molecule has 0 fully saturated rings. The number of benzene rings is 1. The molecule has 0 aliphatic heterocycles. The maximum absolute atomic E-state index is 6.11. The van der Waals surface area contributed by atoms with Crippen molar-refractivity contribution in [3.8, 4) is 0 Å². The van der Waals surface area contributed by atoms with Gasteiger partial charge in [0.05, 0.1) is 5.92 Å². The van der Waals surface area contributed by atoms with E-state index in [2.05, 4.69) is 22.1 Å². The fraction of sp³-hybridized carbons (Fsp3) is 0.0667. The van der Waals surface area contributed by atoms with Crippen molar-refractivity contribution in [2.75, 3.05) is 0 Å². The van der Waals surface area contributed by atoms with Gasteiger partial charge in [-0.05, 0) is 48.0 Å². The van der Waals surface area contributed by atoms with Crippen molar-refractivity contribution in [2.24, 2.45) is 0 Å². The van der Waals surface area contributed by atoms with Gasteiger partial charge in [-0.1, -0.05) is 23.2 Å². The van der Waals surface area contributed by atoms with E-state index in [-0.39, 0.29) is 5.92 Å². The molecule has 0 spiro atoms. The Hall–Kier alpha value is -1.64. The summed E-state index contributed by atoms with van der Waals surface area (Å²) in [6, 6.07) is 13.7. The molecule has 3 rings (SSSR count). The van der Waals surface area contributed by atoms with Crippen LogP contribution in [0.5, 0.6) is 0 Å². The Balaban J connectivity index is 2.14. The predicted molar refractivity (Wildman–Crippen MR) is 79.0 cm³/mol. The molecule has 0 saturated heterocycles. The normalized spacial score (nSPS) is 11.1.